The molecule has 1 aromatic rings. The zero-order valence-electron chi connectivity index (χ0n) is 8.75. The molecule has 1 aliphatic rings. The standard InChI is InChI=1S/C13H11NO2/c14-13(16)6-2-9-1-3-11-8-12(15)5-4-10(11)7-9/h1,3,7H,4-5,8H2,(H2,14,16). The molecule has 0 atom stereocenters. The Labute approximate surface area is 93.6 Å². The Kier molecular flexibility index (Phi) is 2.74. The Bertz CT molecular complexity index is 520. The van der Waals surface area contributed by atoms with E-state index in [4.69, 9.17) is 5.73 Å². The van der Waals surface area contributed by atoms with Crippen LogP contribution in [0.2, 0.25) is 0 Å². The Hall–Kier alpha value is -2.08. The van der Waals surface area contributed by atoms with Gasteiger partial charge in [0.15, 0.2) is 0 Å². The number of primary amides is 1. The van der Waals surface area contributed by atoms with Crippen LogP contribution in [0.5, 0.6) is 0 Å². The molecule has 0 spiro atoms. The molecule has 2 N–H and O–H groups in total. The van der Waals surface area contributed by atoms with Crippen LogP contribution in [0, 0.1) is 11.8 Å². The van der Waals surface area contributed by atoms with Crippen molar-refractivity contribution in [1.82, 2.24) is 0 Å². The molecule has 0 unspecified atom stereocenters. The number of fused-ring (bicyclic) bond motifs is 1. The number of carbonyl (C=O) groups excluding carboxylic acids is 2. The van der Waals surface area contributed by atoms with Crippen LogP contribution >= 0.6 is 0 Å². The van der Waals surface area contributed by atoms with Gasteiger partial charge in [0.25, 0.3) is 5.91 Å². The minimum absolute atomic E-state index is 0.281. The molecule has 80 valence electrons. The first-order valence-corrected chi connectivity index (χ1v) is 5.10. The monoisotopic (exact) mass is 213 g/mol. The topological polar surface area (TPSA) is 60.2 Å². The van der Waals surface area contributed by atoms with Crippen molar-refractivity contribution in [3.05, 3.63) is 34.9 Å². The second-order valence-corrected chi connectivity index (χ2v) is 3.81. The largest absolute Gasteiger partial charge is 0.359 e. The van der Waals surface area contributed by atoms with E-state index in [1.165, 1.54) is 0 Å². The van der Waals surface area contributed by atoms with Crippen molar-refractivity contribution in [2.24, 2.45) is 5.73 Å². The number of ketones is 1. The number of rotatable bonds is 0. The third kappa shape index (κ3) is 2.29. The molecule has 3 heteroatoms. The zero-order valence-corrected chi connectivity index (χ0v) is 8.75. The Balaban J connectivity index is 2.30. The summed E-state index contributed by atoms with van der Waals surface area (Å²) in [6, 6.07) is 5.64. The quantitative estimate of drug-likeness (QED) is 0.641. The first kappa shape index (κ1) is 10.4. The molecule has 2 rings (SSSR count). The summed E-state index contributed by atoms with van der Waals surface area (Å²) in [6.07, 6.45) is 1.87. The molecule has 1 amide bonds. The molecule has 0 saturated heterocycles. The molecule has 0 heterocycles. The van der Waals surface area contributed by atoms with Gasteiger partial charge in [-0.1, -0.05) is 12.0 Å². The summed E-state index contributed by atoms with van der Waals surface area (Å²) in [5.41, 5.74) is 7.93. The number of hydrogen-bond acceptors (Lipinski definition) is 2. The maximum atomic E-state index is 11.2. The Morgan fingerprint density at radius 3 is 2.81 bits per heavy atom. The highest BCUT2D eigenvalue weighted by Crippen LogP contribution is 2.20. The van der Waals surface area contributed by atoms with Crippen LogP contribution in [-0.2, 0) is 22.4 Å². The number of aryl methyl sites for hydroxylation is 1. The van der Waals surface area contributed by atoms with E-state index in [0.29, 0.717) is 12.8 Å². The van der Waals surface area contributed by atoms with Gasteiger partial charge in [-0.05, 0) is 35.6 Å². The molecular formula is C13H11NO2. The molecule has 3 nitrogen and oxygen atoms in total. The highest BCUT2D eigenvalue weighted by molar-refractivity contribution is 5.92. The van der Waals surface area contributed by atoms with Crippen molar-refractivity contribution in [2.75, 3.05) is 0 Å². The van der Waals surface area contributed by atoms with E-state index in [0.717, 1.165) is 23.1 Å². The van der Waals surface area contributed by atoms with Gasteiger partial charge in [0, 0.05) is 18.4 Å². The smallest absolute Gasteiger partial charge is 0.293 e. The van der Waals surface area contributed by atoms with E-state index in [9.17, 15) is 9.59 Å². The second-order valence-electron chi connectivity index (χ2n) is 3.81. The van der Waals surface area contributed by atoms with E-state index in [2.05, 4.69) is 11.8 Å². The fourth-order valence-electron chi connectivity index (χ4n) is 1.82. The van der Waals surface area contributed by atoms with Crippen molar-refractivity contribution in [3.63, 3.8) is 0 Å². The number of carbonyl (C=O) groups is 2. The summed E-state index contributed by atoms with van der Waals surface area (Å²) < 4.78 is 0. The average Bonchev–Trinajstić information content (AvgIpc) is 2.26. The lowest BCUT2D eigenvalue weighted by Gasteiger charge is -2.14. The SMILES string of the molecule is NC(=O)C#Cc1ccc2c(c1)CCC(=O)C2. The summed E-state index contributed by atoms with van der Waals surface area (Å²) in [4.78, 5) is 21.7. The number of hydrogen-bond donors (Lipinski definition) is 1. The highest BCUT2D eigenvalue weighted by Gasteiger charge is 2.14. The van der Waals surface area contributed by atoms with E-state index >= 15 is 0 Å². The lowest BCUT2D eigenvalue weighted by molar-refractivity contribution is -0.118. The van der Waals surface area contributed by atoms with Crippen LogP contribution in [0.15, 0.2) is 18.2 Å². The van der Waals surface area contributed by atoms with Gasteiger partial charge < -0.3 is 5.73 Å². The van der Waals surface area contributed by atoms with Gasteiger partial charge in [0.05, 0.1) is 0 Å². The normalized spacial score (nSPS) is 13.6. The average molecular weight is 213 g/mol. The molecule has 1 aromatic carbocycles. The third-order valence-electron chi connectivity index (χ3n) is 2.60. The molecule has 0 aliphatic heterocycles. The molecule has 0 radical (unpaired) electrons. The van der Waals surface area contributed by atoms with Crippen LogP contribution < -0.4 is 5.73 Å². The van der Waals surface area contributed by atoms with Gasteiger partial charge in [-0.2, -0.15) is 0 Å². The first-order valence-electron chi connectivity index (χ1n) is 5.10. The van der Waals surface area contributed by atoms with Crippen molar-refractivity contribution >= 4 is 11.7 Å². The first-order chi connectivity index (χ1) is 7.65. The van der Waals surface area contributed by atoms with Crippen molar-refractivity contribution in [2.45, 2.75) is 19.3 Å². The van der Waals surface area contributed by atoms with Gasteiger partial charge in [0.1, 0.15) is 5.78 Å². The Morgan fingerprint density at radius 1 is 1.25 bits per heavy atom. The summed E-state index contributed by atoms with van der Waals surface area (Å²) in [5.74, 6) is 4.64. The minimum Gasteiger partial charge on any atom is -0.359 e. The molecular weight excluding hydrogens is 202 g/mol. The van der Waals surface area contributed by atoms with Gasteiger partial charge in [-0.25, -0.2) is 0 Å². The minimum atomic E-state index is -0.632. The highest BCUT2D eigenvalue weighted by atomic mass is 16.1. The predicted molar refractivity (Wildman–Crippen MR) is 59.5 cm³/mol. The number of benzene rings is 1. The maximum absolute atomic E-state index is 11.2. The summed E-state index contributed by atoms with van der Waals surface area (Å²) >= 11 is 0. The second kappa shape index (κ2) is 4.19. The van der Waals surface area contributed by atoms with Crippen molar-refractivity contribution in [1.29, 1.82) is 0 Å². The van der Waals surface area contributed by atoms with E-state index in [-0.39, 0.29) is 5.78 Å². The lowest BCUT2D eigenvalue weighted by atomic mass is 9.90. The van der Waals surface area contributed by atoms with Crippen molar-refractivity contribution < 1.29 is 9.59 Å². The van der Waals surface area contributed by atoms with Crippen LogP contribution in [0.4, 0.5) is 0 Å². The summed E-state index contributed by atoms with van der Waals surface area (Å²) in [7, 11) is 0. The van der Waals surface area contributed by atoms with E-state index in [1.54, 1.807) is 0 Å². The maximum Gasteiger partial charge on any atom is 0.293 e. The summed E-state index contributed by atoms with van der Waals surface area (Å²) in [5, 5.41) is 0. The fourth-order valence-corrected chi connectivity index (χ4v) is 1.82. The number of amides is 1. The van der Waals surface area contributed by atoms with Crippen LogP contribution in [0.3, 0.4) is 0 Å². The molecule has 16 heavy (non-hydrogen) atoms. The molecule has 0 fully saturated rings. The fraction of sp³-hybridized carbons (Fsp3) is 0.231. The number of nitrogens with two attached hydrogens (primary N) is 1. The van der Waals surface area contributed by atoms with Crippen LogP contribution in [0.25, 0.3) is 0 Å². The molecule has 0 saturated carbocycles. The van der Waals surface area contributed by atoms with Crippen LogP contribution in [0.1, 0.15) is 23.1 Å². The van der Waals surface area contributed by atoms with Crippen LogP contribution in [-0.4, -0.2) is 11.7 Å². The van der Waals surface area contributed by atoms with Crippen molar-refractivity contribution in [3.8, 4) is 11.8 Å². The molecule has 0 aromatic heterocycles. The van der Waals surface area contributed by atoms with E-state index < -0.39 is 5.91 Å². The summed E-state index contributed by atoms with van der Waals surface area (Å²) in [6.45, 7) is 0. The zero-order chi connectivity index (χ0) is 11.5. The predicted octanol–water partition coefficient (Wildman–Crippen LogP) is 0.581. The lowest BCUT2D eigenvalue weighted by Crippen LogP contribution is -2.13. The van der Waals surface area contributed by atoms with Gasteiger partial charge in [-0.3, -0.25) is 9.59 Å². The van der Waals surface area contributed by atoms with E-state index in [1.807, 2.05) is 18.2 Å². The van der Waals surface area contributed by atoms with Gasteiger partial charge in [-0.15, -0.1) is 0 Å². The Morgan fingerprint density at radius 2 is 2.06 bits per heavy atom. The molecule has 1 aliphatic carbocycles. The van der Waals surface area contributed by atoms with Gasteiger partial charge >= 0.3 is 0 Å². The number of Topliss-reactive ketones (excluding diaryl/α,β-unsaturated/α-hetero) is 1. The molecule has 0 bridgehead atoms. The third-order valence-corrected chi connectivity index (χ3v) is 2.60. The van der Waals surface area contributed by atoms with Gasteiger partial charge in [0.2, 0.25) is 0 Å².